The van der Waals surface area contributed by atoms with Crippen molar-refractivity contribution in [2.45, 2.75) is 32.2 Å². The molecule has 0 unspecified atom stereocenters. The summed E-state index contributed by atoms with van der Waals surface area (Å²) in [6.45, 7) is 4.06. The van der Waals surface area contributed by atoms with Crippen molar-refractivity contribution in [1.29, 1.82) is 0 Å². The molecule has 3 nitrogen and oxygen atoms in total. The first-order chi connectivity index (χ1) is 11.5. The fourth-order valence-electron chi connectivity index (χ4n) is 3.39. The summed E-state index contributed by atoms with van der Waals surface area (Å²) in [7, 11) is 4.08. The second kappa shape index (κ2) is 7.49. The quantitative estimate of drug-likeness (QED) is 0.828. The summed E-state index contributed by atoms with van der Waals surface area (Å²) in [4.78, 5) is 18.2. The molecule has 1 aromatic heterocycles. The number of hydrogen-bond acceptors (Lipinski definition) is 3. The van der Waals surface area contributed by atoms with Gasteiger partial charge in [-0.05, 0) is 68.1 Å². The van der Waals surface area contributed by atoms with E-state index in [2.05, 4.69) is 42.5 Å². The van der Waals surface area contributed by atoms with Crippen molar-refractivity contribution in [2.75, 3.05) is 27.2 Å². The Bertz CT molecular complexity index is 692. The lowest BCUT2D eigenvalue weighted by molar-refractivity contribution is 0.0717. The standard InChI is InChI=1S/C20H26N2OS/c1-15-12-18(14-24-15)16-7-9-17(10-8-16)20(23)22(3)13-19-6-4-5-11-21(19)2/h7-10,12,14,19H,4-6,11,13H2,1-3H3/t19-/m1/s1. The van der Waals surface area contributed by atoms with Crippen molar-refractivity contribution in [3.05, 3.63) is 46.2 Å². The molecular weight excluding hydrogens is 316 g/mol. The molecule has 2 heterocycles. The van der Waals surface area contributed by atoms with Gasteiger partial charge in [-0.3, -0.25) is 4.79 Å². The average Bonchev–Trinajstić information content (AvgIpc) is 3.03. The van der Waals surface area contributed by atoms with E-state index in [4.69, 9.17) is 0 Å². The zero-order valence-electron chi connectivity index (χ0n) is 14.8. The highest BCUT2D eigenvalue weighted by molar-refractivity contribution is 7.10. The van der Waals surface area contributed by atoms with Crippen LogP contribution in [0.1, 0.15) is 34.5 Å². The summed E-state index contributed by atoms with van der Waals surface area (Å²) >= 11 is 1.75. The number of benzene rings is 1. The van der Waals surface area contributed by atoms with Gasteiger partial charge in [0.1, 0.15) is 0 Å². The highest BCUT2D eigenvalue weighted by Gasteiger charge is 2.22. The van der Waals surface area contributed by atoms with Crippen molar-refractivity contribution in [2.24, 2.45) is 0 Å². The Hall–Kier alpha value is -1.65. The summed E-state index contributed by atoms with van der Waals surface area (Å²) in [5.41, 5.74) is 3.17. The van der Waals surface area contributed by atoms with Crippen molar-refractivity contribution < 1.29 is 4.79 Å². The summed E-state index contributed by atoms with van der Waals surface area (Å²) in [6, 6.07) is 10.7. The predicted molar refractivity (Wildman–Crippen MR) is 102 cm³/mol. The summed E-state index contributed by atoms with van der Waals surface area (Å²) in [5, 5.41) is 2.16. The second-order valence-corrected chi connectivity index (χ2v) is 7.95. The lowest BCUT2D eigenvalue weighted by Gasteiger charge is -2.35. The molecule has 0 saturated carbocycles. The Kier molecular flexibility index (Phi) is 5.36. The van der Waals surface area contributed by atoms with Crippen LogP contribution in [0.2, 0.25) is 0 Å². The molecule has 0 N–H and O–H groups in total. The highest BCUT2D eigenvalue weighted by Crippen LogP contribution is 2.25. The Balaban J connectivity index is 1.65. The SMILES string of the molecule is Cc1cc(-c2ccc(C(=O)N(C)C[C@H]3CCCCN3C)cc2)cs1. The fraction of sp³-hybridized carbons (Fsp3) is 0.450. The maximum atomic E-state index is 12.7. The van der Waals surface area contributed by atoms with Crippen molar-refractivity contribution in [3.8, 4) is 11.1 Å². The van der Waals surface area contributed by atoms with Gasteiger partial charge in [-0.15, -0.1) is 11.3 Å². The van der Waals surface area contributed by atoms with Gasteiger partial charge < -0.3 is 9.80 Å². The van der Waals surface area contributed by atoms with Gasteiger partial charge in [0.25, 0.3) is 5.91 Å². The minimum Gasteiger partial charge on any atom is -0.340 e. The molecule has 0 spiro atoms. The Labute approximate surface area is 148 Å². The molecule has 1 atom stereocenters. The van der Waals surface area contributed by atoms with Crippen LogP contribution in [0.4, 0.5) is 0 Å². The first kappa shape index (κ1) is 17.2. The van der Waals surface area contributed by atoms with Gasteiger partial charge in [0, 0.05) is 30.1 Å². The summed E-state index contributed by atoms with van der Waals surface area (Å²) in [6.07, 6.45) is 3.73. The molecule has 1 aliphatic heterocycles. The lowest BCUT2D eigenvalue weighted by atomic mass is 10.0. The first-order valence-electron chi connectivity index (χ1n) is 8.66. The number of likely N-dealkylation sites (tertiary alicyclic amines) is 1. The molecule has 1 aromatic carbocycles. The fourth-order valence-corrected chi connectivity index (χ4v) is 4.11. The first-order valence-corrected chi connectivity index (χ1v) is 9.54. The third kappa shape index (κ3) is 3.87. The van der Waals surface area contributed by atoms with Gasteiger partial charge in [-0.2, -0.15) is 0 Å². The van der Waals surface area contributed by atoms with Gasteiger partial charge in [0.2, 0.25) is 0 Å². The Morgan fingerprint density at radius 3 is 2.62 bits per heavy atom. The van der Waals surface area contributed by atoms with Gasteiger partial charge in [0.05, 0.1) is 0 Å². The van der Waals surface area contributed by atoms with E-state index < -0.39 is 0 Å². The second-order valence-electron chi connectivity index (χ2n) is 6.84. The van der Waals surface area contributed by atoms with E-state index in [1.54, 1.807) is 11.3 Å². The topological polar surface area (TPSA) is 23.6 Å². The number of carbonyl (C=O) groups excluding carboxylic acids is 1. The van der Waals surface area contributed by atoms with Crippen LogP contribution in [-0.2, 0) is 0 Å². The van der Waals surface area contributed by atoms with Crippen LogP contribution >= 0.6 is 11.3 Å². The molecule has 0 radical (unpaired) electrons. The largest absolute Gasteiger partial charge is 0.340 e. The summed E-state index contributed by atoms with van der Waals surface area (Å²) in [5.74, 6) is 0.113. The van der Waals surface area contributed by atoms with Crippen LogP contribution in [-0.4, -0.2) is 48.9 Å². The van der Waals surface area contributed by atoms with E-state index in [0.29, 0.717) is 6.04 Å². The smallest absolute Gasteiger partial charge is 0.253 e. The number of rotatable bonds is 4. The number of likely N-dealkylation sites (N-methyl/N-ethyl adjacent to an activating group) is 2. The molecule has 3 rings (SSSR count). The molecule has 24 heavy (non-hydrogen) atoms. The minimum absolute atomic E-state index is 0.113. The van der Waals surface area contributed by atoms with Gasteiger partial charge in [0.15, 0.2) is 0 Å². The van der Waals surface area contributed by atoms with Crippen LogP contribution in [0.3, 0.4) is 0 Å². The van der Waals surface area contributed by atoms with Crippen LogP contribution in [0, 0.1) is 6.92 Å². The third-order valence-corrected chi connectivity index (χ3v) is 5.81. The molecule has 4 heteroatoms. The van der Waals surface area contributed by atoms with Crippen LogP contribution in [0.5, 0.6) is 0 Å². The minimum atomic E-state index is 0.113. The van der Waals surface area contributed by atoms with Crippen molar-refractivity contribution in [1.82, 2.24) is 9.80 Å². The van der Waals surface area contributed by atoms with Gasteiger partial charge in [-0.25, -0.2) is 0 Å². The molecule has 128 valence electrons. The lowest BCUT2D eigenvalue weighted by Crippen LogP contribution is -2.45. The van der Waals surface area contributed by atoms with E-state index in [0.717, 1.165) is 18.7 Å². The average molecular weight is 343 g/mol. The third-order valence-electron chi connectivity index (χ3n) is 4.95. The van der Waals surface area contributed by atoms with Gasteiger partial charge in [-0.1, -0.05) is 18.6 Å². The zero-order valence-corrected chi connectivity index (χ0v) is 15.6. The molecule has 0 aliphatic carbocycles. The van der Waals surface area contributed by atoms with Crippen molar-refractivity contribution >= 4 is 17.2 Å². The monoisotopic (exact) mass is 342 g/mol. The van der Waals surface area contributed by atoms with Crippen molar-refractivity contribution in [3.63, 3.8) is 0 Å². The Morgan fingerprint density at radius 1 is 1.25 bits per heavy atom. The van der Waals surface area contributed by atoms with E-state index >= 15 is 0 Å². The van der Waals surface area contributed by atoms with Crippen LogP contribution in [0.15, 0.2) is 35.7 Å². The zero-order chi connectivity index (χ0) is 17.1. The van der Waals surface area contributed by atoms with Crippen LogP contribution in [0.25, 0.3) is 11.1 Å². The number of aryl methyl sites for hydroxylation is 1. The number of piperidine rings is 1. The highest BCUT2D eigenvalue weighted by atomic mass is 32.1. The van der Waals surface area contributed by atoms with Crippen LogP contribution < -0.4 is 0 Å². The number of nitrogens with zero attached hydrogens (tertiary/aromatic N) is 2. The Morgan fingerprint density at radius 2 is 2.00 bits per heavy atom. The molecule has 2 aromatic rings. The molecular formula is C20H26N2OS. The van der Waals surface area contributed by atoms with E-state index in [1.165, 1.54) is 35.3 Å². The number of carbonyl (C=O) groups is 1. The van der Waals surface area contributed by atoms with E-state index in [1.807, 2.05) is 24.1 Å². The molecule has 1 fully saturated rings. The molecule has 0 bridgehead atoms. The summed E-state index contributed by atoms with van der Waals surface area (Å²) < 4.78 is 0. The molecule has 1 amide bonds. The number of amides is 1. The van der Waals surface area contributed by atoms with Gasteiger partial charge >= 0.3 is 0 Å². The molecule has 1 aliphatic rings. The maximum Gasteiger partial charge on any atom is 0.253 e. The van der Waals surface area contributed by atoms with E-state index in [-0.39, 0.29) is 5.91 Å². The number of thiophene rings is 1. The molecule has 1 saturated heterocycles. The number of hydrogen-bond donors (Lipinski definition) is 0. The normalized spacial score (nSPS) is 18.5. The maximum absolute atomic E-state index is 12.7. The predicted octanol–water partition coefficient (Wildman–Crippen LogP) is 4.28. The van der Waals surface area contributed by atoms with E-state index in [9.17, 15) is 4.79 Å².